The van der Waals surface area contributed by atoms with Gasteiger partial charge in [-0.1, -0.05) is 29.8 Å². The summed E-state index contributed by atoms with van der Waals surface area (Å²) >= 11 is 6.22. The standard InChI is InChI=1S/C14H19ClN2O2/c1-19-8-12(16)13(18)17-9-14(6-7-14)10-4-2-3-5-11(10)15/h2-5,12H,6-9,16H2,1H3,(H,17,18). The predicted octanol–water partition coefficient (Wildman–Crippen LogP) is 1.46. The first-order valence-corrected chi connectivity index (χ1v) is 6.74. The zero-order valence-corrected chi connectivity index (χ0v) is 11.7. The highest BCUT2D eigenvalue weighted by Crippen LogP contribution is 2.49. The van der Waals surface area contributed by atoms with Gasteiger partial charge in [0.05, 0.1) is 6.61 Å². The molecule has 4 nitrogen and oxygen atoms in total. The van der Waals surface area contributed by atoms with E-state index in [0.29, 0.717) is 6.54 Å². The van der Waals surface area contributed by atoms with E-state index in [4.69, 9.17) is 22.1 Å². The highest BCUT2D eigenvalue weighted by molar-refractivity contribution is 6.31. The van der Waals surface area contributed by atoms with Gasteiger partial charge in [0.15, 0.2) is 0 Å². The van der Waals surface area contributed by atoms with Gasteiger partial charge >= 0.3 is 0 Å². The Morgan fingerprint density at radius 2 is 2.21 bits per heavy atom. The lowest BCUT2D eigenvalue weighted by molar-refractivity contribution is -0.123. The summed E-state index contributed by atoms with van der Waals surface area (Å²) in [7, 11) is 1.53. The van der Waals surface area contributed by atoms with Gasteiger partial charge in [-0.25, -0.2) is 0 Å². The normalized spacial score (nSPS) is 17.8. The Morgan fingerprint density at radius 1 is 1.53 bits per heavy atom. The number of carbonyl (C=O) groups excluding carboxylic acids is 1. The summed E-state index contributed by atoms with van der Waals surface area (Å²) in [5, 5.41) is 3.65. The van der Waals surface area contributed by atoms with Crippen LogP contribution in [0.25, 0.3) is 0 Å². The molecule has 1 aromatic rings. The van der Waals surface area contributed by atoms with Crippen molar-refractivity contribution in [1.82, 2.24) is 5.32 Å². The molecular formula is C14H19ClN2O2. The van der Waals surface area contributed by atoms with E-state index < -0.39 is 6.04 Å². The lowest BCUT2D eigenvalue weighted by Gasteiger charge is -2.19. The molecule has 3 N–H and O–H groups in total. The Bertz CT molecular complexity index is 461. The van der Waals surface area contributed by atoms with E-state index in [2.05, 4.69) is 5.32 Å². The quantitative estimate of drug-likeness (QED) is 0.830. The molecule has 19 heavy (non-hydrogen) atoms. The van der Waals surface area contributed by atoms with Crippen LogP contribution in [0.1, 0.15) is 18.4 Å². The molecule has 104 valence electrons. The van der Waals surface area contributed by atoms with Gasteiger partial charge in [-0.2, -0.15) is 0 Å². The van der Waals surface area contributed by atoms with Crippen molar-refractivity contribution in [2.75, 3.05) is 20.3 Å². The summed E-state index contributed by atoms with van der Waals surface area (Å²) < 4.78 is 4.87. The van der Waals surface area contributed by atoms with Gasteiger partial charge in [0, 0.05) is 24.1 Å². The zero-order valence-electron chi connectivity index (χ0n) is 11.0. The minimum absolute atomic E-state index is 0.0131. The van der Waals surface area contributed by atoms with E-state index in [9.17, 15) is 4.79 Å². The summed E-state index contributed by atoms with van der Waals surface area (Å²) in [6.45, 7) is 0.803. The number of hydrogen-bond acceptors (Lipinski definition) is 3. The zero-order chi connectivity index (χ0) is 13.9. The van der Waals surface area contributed by atoms with Crippen LogP contribution in [0.5, 0.6) is 0 Å². The maximum Gasteiger partial charge on any atom is 0.239 e. The van der Waals surface area contributed by atoms with Crippen molar-refractivity contribution in [2.45, 2.75) is 24.3 Å². The van der Waals surface area contributed by atoms with Crippen LogP contribution < -0.4 is 11.1 Å². The fourth-order valence-corrected chi connectivity index (χ4v) is 2.56. The molecule has 1 aromatic carbocycles. The van der Waals surface area contributed by atoms with Crippen molar-refractivity contribution in [1.29, 1.82) is 0 Å². The molecule has 1 saturated carbocycles. The largest absolute Gasteiger partial charge is 0.383 e. The SMILES string of the molecule is COCC(N)C(=O)NCC1(c2ccccc2Cl)CC1. The second-order valence-electron chi connectivity index (χ2n) is 5.04. The topological polar surface area (TPSA) is 64.3 Å². The molecule has 1 aliphatic carbocycles. The van der Waals surface area contributed by atoms with Crippen LogP contribution in [0.3, 0.4) is 0 Å². The van der Waals surface area contributed by atoms with E-state index in [1.165, 1.54) is 7.11 Å². The first-order valence-electron chi connectivity index (χ1n) is 6.36. The van der Waals surface area contributed by atoms with Gasteiger partial charge in [-0.05, 0) is 24.5 Å². The summed E-state index contributed by atoms with van der Waals surface area (Å²) in [6, 6.07) is 7.17. The first kappa shape index (κ1) is 14.3. The summed E-state index contributed by atoms with van der Waals surface area (Å²) in [5.41, 5.74) is 6.78. The predicted molar refractivity (Wildman–Crippen MR) is 75.2 cm³/mol. The van der Waals surface area contributed by atoms with Gasteiger partial charge in [0.1, 0.15) is 6.04 Å². The fraction of sp³-hybridized carbons (Fsp3) is 0.500. The van der Waals surface area contributed by atoms with Crippen LogP contribution in [0, 0.1) is 0 Å². The highest BCUT2D eigenvalue weighted by atomic mass is 35.5. The molecule has 0 aromatic heterocycles. The van der Waals surface area contributed by atoms with E-state index >= 15 is 0 Å². The molecule has 1 atom stereocenters. The van der Waals surface area contributed by atoms with Crippen LogP contribution in [0.4, 0.5) is 0 Å². The molecule has 0 radical (unpaired) electrons. The van der Waals surface area contributed by atoms with Crippen LogP contribution in [-0.2, 0) is 14.9 Å². The minimum Gasteiger partial charge on any atom is -0.383 e. The van der Waals surface area contributed by atoms with E-state index in [1.54, 1.807) is 0 Å². The Hall–Kier alpha value is -1.10. The third-order valence-electron chi connectivity index (χ3n) is 3.58. The molecule has 0 saturated heterocycles. The highest BCUT2D eigenvalue weighted by Gasteiger charge is 2.45. The third-order valence-corrected chi connectivity index (χ3v) is 3.91. The Kier molecular flexibility index (Phi) is 4.45. The summed E-state index contributed by atoms with van der Waals surface area (Å²) in [6.07, 6.45) is 2.08. The molecule has 1 unspecified atom stereocenters. The summed E-state index contributed by atoms with van der Waals surface area (Å²) in [4.78, 5) is 11.8. The van der Waals surface area contributed by atoms with Gasteiger partial charge in [-0.15, -0.1) is 0 Å². The van der Waals surface area contributed by atoms with Crippen molar-refractivity contribution >= 4 is 17.5 Å². The monoisotopic (exact) mass is 282 g/mol. The molecule has 1 fully saturated rings. The van der Waals surface area contributed by atoms with Crippen molar-refractivity contribution in [2.24, 2.45) is 5.73 Å². The smallest absolute Gasteiger partial charge is 0.239 e. The second kappa shape index (κ2) is 5.90. The van der Waals surface area contributed by atoms with Crippen LogP contribution >= 0.6 is 11.6 Å². The number of halogens is 1. The summed E-state index contributed by atoms with van der Waals surface area (Å²) in [5.74, 6) is -0.180. The number of benzene rings is 1. The number of carbonyl (C=O) groups is 1. The second-order valence-corrected chi connectivity index (χ2v) is 5.45. The average Bonchev–Trinajstić information content (AvgIpc) is 3.18. The molecule has 0 bridgehead atoms. The number of nitrogens with two attached hydrogens (primary N) is 1. The molecule has 1 amide bonds. The maximum absolute atomic E-state index is 11.8. The Balaban J connectivity index is 1.96. The van der Waals surface area contributed by atoms with Crippen molar-refractivity contribution in [3.05, 3.63) is 34.9 Å². The molecule has 0 spiro atoms. The van der Waals surface area contributed by atoms with Crippen LogP contribution in [0.15, 0.2) is 24.3 Å². The molecule has 2 rings (SSSR count). The van der Waals surface area contributed by atoms with Gasteiger partial charge in [0.25, 0.3) is 0 Å². The van der Waals surface area contributed by atoms with Crippen LogP contribution in [-0.4, -0.2) is 32.2 Å². The molecular weight excluding hydrogens is 264 g/mol. The fourth-order valence-electron chi connectivity index (χ4n) is 2.23. The van der Waals surface area contributed by atoms with Crippen LogP contribution in [0.2, 0.25) is 5.02 Å². The number of nitrogens with one attached hydrogen (secondary N) is 1. The van der Waals surface area contributed by atoms with Crippen molar-refractivity contribution < 1.29 is 9.53 Å². The number of ether oxygens (including phenoxy) is 1. The Morgan fingerprint density at radius 3 is 2.79 bits per heavy atom. The average molecular weight is 283 g/mol. The maximum atomic E-state index is 11.8. The number of methoxy groups -OCH3 is 1. The van der Waals surface area contributed by atoms with Gasteiger partial charge in [-0.3, -0.25) is 4.79 Å². The third kappa shape index (κ3) is 3.26. The lowest BCUT2D eigenvalue weighted by atomic mass is 9.96. The minimum atomic E-state index is -0.618. The van der Waals surface area contributed by atoms with E-state index in [0.717, 1.165) is 23.4 Å². The lowest BCUT2D eigenvalue weighted by Crippen LogP contribution is -2.45. The molecule has 1 aliphatic rings. The molecule has 0 aliphatic heterocycles. The van der Waals surface area contributed by atoms with Gasteiger partial charge < -0.3 is 15.8 Å². The number of rotatable bonds is 6. The molecule has 0 heterocycles. The van der Waals surface area contributed by atoms with Gasteiger partial charge in [0.2, 0.25) is 5.91 Å². The number of hydrogen-bond donors (Lipinski definition) is 2. The van der Waals surface area contributed by atoms with Crippen molar-refractivity contribution in [3.8, 4) is 0 Å². The van der Waals surface area contributed by atoms with Crippen molar-refractivity contribution in [3.63, 3.8) is 0 Å². The first-order chi connectivity index (χ1) is 9.09. The Labute approximate surface area is 118 Å². The molecule has 5 heteroatoms. The number of amides is 1. The van der Waals surface area contributed by atoms with E-state index in [1.807, 2.05) is 24.3 Å². The van der Waals surface area contributed by atoms with E-state index in [-0.39, 0.29) is 17.9 Å².